The van der Waals surface area contributed by atoms with Gasteiger partial charge in [0.25, 0.3) is 0 Å². The van der Waals surface area contributed by atoms with Crippen molar-refractivity contribution in [3.63, 3.8) is 0 Å². The first-order chi connectivity index (χ1) is 9.91. The molecule has 0 amide bonds. The van der Waals surface area contributed by atoms with Gasteiger partial charge in [0.15, 0.2) is 4.34 Å². The maximum absolute atomic E-state index is 11.4. The molecule has 0 bridgehead atoms. The maximum Gasteiger partial charge on any atom is 0.238 e. The Hall–Kier alpha value is -1.12. The molecule has 1 aromatic heterocycles. The molecule has 0 atom stereocenters. The summed E-state index contributed by atoms with van der Waals surface area (Å²) in [6.07, 6.45) is 0. The van der Waals surface area contributed by atoms with Gasteiger partial charge in [-0.2, -0.15) is 0 Å². The highest BCUT2D eigenvalue weighted by atomic mass is 35.5. The zero-order valence-electron chi connectivity index (χ0n) is 10.5. The molecule has 0 saturated carbocycles. The lowest BCUT2D eigenvalue weighted by Gasteiger charge is -1.96. The van der Waals surface area contributed by atoms with Crippen LogP contribution in [0, 0.1) is 0 Å². The fourth-order valence-corrected chi connectivity index (χ4v) is 4.53. The lowest BCUT2D eigenvalue weighted by molar-refractivity contribution is 0.598. The van der Waals surface area contributed by atoms with Crippen LogP contribution in [-0.4, -0.2) is 13.4 Å². The highest BCUT2D eigenvalue weighted by molar-refractivity contribution is 8.01. The maximum atomic E-state index is 11.4. The first kappa shape index (κ1) is 14.8. The average molecular weight is 357 g/mol. The van der Waals surface area contributed by atoms with Crippen LogP contribution in [0.5, 0.6) is 0 Å². The summed E-state index contributed by atoms with van der Waals surface area (Å²) in [6.45, 7) is 0. The molecule has 2 N–H and O–H groups in total. The van der Waals surface area contributed by atoms with Gasteiger partial charge in [0, 0.05) is 9.92 Å². The molecule has 21 heavy (non-hydrogen) atoms. The highest BCUT2D eigenvalue weighted by Crippen LogP contribution is 2.35. The number of hydrogen-bond acceptors (Lipinski definition) is 5. The number of hydrogen-bond donors (Lipinski definition) is 1. The van der Waals surface area contributed by atoms with Crippen molar-refractivity contribution >= 4 is 54.9 Å². The lowest BCUT2D eigenvalue weighted by Crippen LogP contribution is -2.11. The van der Waals surface area contributed by atoms with Gasteiger partial charge in [0.2, 0.25) is 10.0 Å². The van der Waals surface area contributed by atoms with Crippen LogP contribution in [0.4, 0.5) is 0 Å². The number of nitrogens with zero attached hydrogens (tertiary/aromatic N) is 1. The van der Waals surface area contributed by atoms with Crippen molar-refractivity contribution in [2.24, 2.45) is 5.14 Å². The Morgan fingerprint density at radius 2 is 1.86 bits per heavy atom. The smallest absolute Gasteiger partial charge is 0.229 e. The van der Waals surface area contributed by atoms with Crippen LogP contribution in [-0.2, 0) is 10.0 Å². The van der Waals surface area contributed by atoms with Crippen LogP contribution >= 0.6 is 34.7 Å². The third-order valence-corrected chi connectivity index (χ3v) is 5.94. The molecule has 0 fully saturated rings. The summed E-state index contributed by atoms with van der Waals surface area (Å²) in [6, 6.07) is 12.1. The third-order valence-electron chi connectivity index (χ3n) is 2.69. The van der Waals surface area contributed by atoms with E-state index in [1.165, 1.54) is 29.2 Å². The summed E-state index contributed by atoms with van der Waals surface area (Å²) in [5.41, 5.74) is 0.754. The van der Waals surface area contributed by atoms with E-state index in [2.05, 4.69) is 4.98 Å². The van der Waals surface area contributed by atoms with Crippen LogP contribution in [0.15, 0.2) is 56.6 Å². The molecule has 0 aliphatic rings. The van der Waals surface area contributed by atoms with E-state index < -0.39 is 10.0 Å². The minimum absolute atomic E-state index is 0.0988. The van der Waals surface area contributed by atoms with E-state index in [4.69, 9.17) is 16.7 Å². The van der Waals surface area contributed by atoms with Crippen LogP contribution in [0.2, 0.25) is 5.02 Å². The van der Waals surface area contributed by atoms with Crippen molar-refractivity contribution in [1.29, 1.82) is 0 Å². The summed E-state index contributed by atoms with van der Waals surface area (Å²) in [5.74, 6) is 0. The number of benzene rings is 2. The number of sulfonamides is 1. The van der Waals surface area contributed by atoms with Gasteiger partial charge in [-0.1, -0.05) is 23.4 Å². The number of nitrogens with two attached hydrogens (primary N) is 1. The fraction of sp³-hybridized carbons (Fsp3) is 0. The van der Waals surface area contributed by atoms with E-state index in [0.29, 0.717) is 5.02 Å². The summed E-state index contributed by atoms with van der Waals surface area (Å²) in [5, 5.41) is 5.81. The molecule has 1 heterocycles. The quantitative estimate of drug-likeness (QED) is 0.775. The van der Waals surface area contributed by atoms with Gasteiger partial charge in [-0.05, 0) is 42.5 Å². The van der Waals surface area contributed by atoms with E-state index in [-0.39, 0.29) is 4.90 Å². The minimum atomic E-state index is -3.69. The third kappa shape index (κ3) is 3.38. The molecule has 108 valence electrons. The first-order valence-electron chi connectivity index (χ1n) is 5.79. The van der Waals surface area contributed by atoms with Gasteiger partial charge >= 0.3 is 0 Å². The van der Waals surface area contributed by atoms with Crippen molar-refractivity contribution in [1.82, 2.24) is 4.98 Å². The number of halogens is 1. The Labute approximate surface area is 135 Å². The standard InChI is InChI=1S/C13H9ClN2O2S3/c14-8-1-3-9(4-2-8)19-13-16-11-6-5-10(21(15,17)18)7-12(11)20-13/h1-7H,(H2,15,17,18). The molecule has 3 rings (SSSR count). The topological polar surface area (TPSA) is 73.1 Å². The zero-order valence-corrected chi connectivity index (χ0v) is 13.7. The summed E-state index contributed by atoms with van der Waals surface area (Å²) in [4.78, 5) is 5.58. The van der Waals surface area contributed by atoms with Gasteiger partial charge in [0.1, 0.15) is 0 Å². The normalized spacial score (nSPS) is 11.9. The SMILES string of the molecule is NS(=O)(=O)c1ccc2nc(Sc3ccc(Cl)cc3)sc2c1. The van der Waals surface area contributed by atoms with Gasteiger partial charge < -0.3 is 0 Å². The first-order valence-corrected chi connectivity index (χ1v) is 9.34. The Morgan fingerprint density at radius 1 is 1.14 bits per heavy atom. The van der Waals surface area contributed by atoms with Crippen molar-refractivity contribution in [3.8, 4) is 0 Å². The van der Waals surface area contributed by atoms with E-state index in [1.807, 2.05) is 24.3 Å². The van der Waals surface area contributed by atoms with E-state index in [9.17, 15) is 8.42 Å². The van der Waals surface area contributed by atoms with E-state index in [0.717, 1.165) is 19.5 Å². The molecule has 3 aromatic rings. The monoisotopic (exact) mass is 356 g/mol. The van der Waals surface area contributed by atoms with Gasteiger partial charge in [-0.3, -0.25) is 0 Å². The average Bonchev–Trinajstić information content (AvgIpc) is 2.81. The Kier molecular flexibility index (Phi) is 3.94. The Bertz CT molecular complexity index is 905. The minimum Gasteiger partial charge on any atom is -0.229 e. The second kappa shape index (κ2) is 5.58. The number of thiazole rings is 1. The molecule has 0 unspecified atom stereocenters. The van der Waals surface area contributed by atoms with Crippen molar-refractivity contribution < 1.29 is 8.42 Å². The number of fused-ring (bicyclic) bond motifs is 1. The molecule has 8 heteroatoms. The molecule has 2 aromatic carbocycles. The van der Waals surface area contributed by atoms with Crippen molar-refractivity contribution in [3.05, 3.63) is 47.5 Å². The number of primary sulfonamides is 1. The number of aromatic nitrogens is 1. The number of rotatable bonds is 3. The predicted octanol–water partition coefficient (Wildman–Crippen LogP) is 3.75. The lowest BCUT2D eigenvalue weighted by atomic mass is 10.3. The molecule has 0 aliphatic heterocycles. The van der Waals surface area contributed by atoms with E-state index >= 15 is 0 Å². The predicted molar refractivity (Wildman–Crippen MR) is 86.6 cm³/mol. The van der Waals surface area contributed by atoms with Crippen molar-refractivity contribution in [2.45, 2.75) is 14.1 Å². The summed E-state index contributed by atoms with van der Waals surface area (Å²) in [7, 11) is -3.69. The van der Waals surface area contributed by atoms with Crippen molar-refractivity contribution in [2.75, 3.05) is 0 Å². The summed E-state index contributed by atoms with van der Waals surface area (Å²) >= 11 is 8.78. The molecule has 0 saturated heterocycles. The van der Waals surface area contributed by atoms with Crippen LogP contribution in [0.25, 0.3) is 10.2 Å². The Morgan fingerprint density at radius 3 is 2.52 bits per heavy atom. The van der Waals surface area contributed by atoms with E-state index in [1.54, 1.807) is 12.1 Å². The molecule has 4 nitrogen and oxygen atoms in total. The van der Waals surface area contributed by atoms with Gasteiger partial charge in [-0.15, -0.1) is 11.3 Å². The van der Waals surface area contributed by atoms with Crippen LogP contribution in [0.1, 0.15) is 0 Å². The second-order valence-electron chi connectivity index (χ2n) is 4.21. The highest BCUT2D eigenvalue weighted by Gasteiger charge is 2.11. The van der Waals surface area contributed by atoms with Crippen LogP contribution in [0.3, 0.4) is 0 Å². The van der Waals surface area contributed by atoms with Crippen LogP contribution < -0.4 is 5.14 Å². The largest absolute Gasteiger partial charge is 0.238 e. The zero-order chi connectivity index (χ0) is 15.0. The fourth-order valence-electron chi connectivity index (χ4n) is 1.71. The summed E-state index contributed by atoms with van der Waals surface area (Å²) < 4.78 is 24.3. The Balaban J connectivity index is 1.95. The molecular formula is C13H9ClN2O2S3. The van der Waals surface area contributed by atoms with Gasteiger partial charge in [-0.25, -0.2) is 18.5 Å². The molecule has 0 aliphatic carbocycles. The molecular weight excluding hydrogens is 348 g/mol. The molecule has 0 radical (unpaired) electrons. The van der Waals surface area contributed by atoms with Gasteiger partial charge in [0.05, 0.1) is 15.1 Å². The second-order valence-corrected chi connectivity index (χ2v) is 8.56. The molecule has 0 spiro atoms.